The van der Waals surface area contributed by atoms with Crippen LogP contribution in [0, 0.1) is 6.92 Å². The van der Waals surface area contributed by atoms with E-state index in [0.29, 0.717) is 6.04 Å². The van der Waals surface area contributed by atoms with Crippen molar-refractivity contribution >= 4 is 11.3 Å². The quantitative estimate of drug-likeness (QED) is 0.886. The van der Waals surface area contributed by atoms with Crippen LogP contribution in [0.3, 0.4) is 0 Å². The van der Waals surface area contributed by atoms with Crippen LogP contribution >= 0.6 is 11.3 Å². The number of hydrogen-bond acceptors (Lipinski definition) is 3. The van der Waals surface area contributed by atoms with Crippen molar-refractivity contribution in [3.63, 3.8) is 0 Å². The monoisotopic (exact) mass is 252 g/mol. The molecule has 0 saturated carbocycles. The van der Waals surface area contributed by atoms with E-state index in [1.165, 1.54) is 50.0 Å². The molecule has 2 rings (SSSR count). The van der Waals surface area contributed by atoms with Gasteiger partial charge in [-0.1, -0.05) is 13.3 Å². The summed E-state index contributed by atoms with van der Waals surface area (Å²) in [7, 11) is 0. The van der Waals surface area contributed by atoms with Crippen LogP contribution < -0.4 is 5.32 Å². The SMILES string of the molecule is CCCC1CN(Cc2cscc2C)CCCN1. The molecule has 0 spiro atoms. The average molecular weight is 252 g/mol. The van der Waals surface area contributed by atoms with Crippen LogP contribution in [-0.4, -0.2) is 30.6 Å². The molecule has 2 nitrogen and oxygen atoms in total. The van der Waals surface area contributed by atoms with E-state index in [4.69, 9.17) is 0 Å². The summed E-state index contributed by atoms with van der Waals surface area (Å²) in [5.74, 6) is 0. The first-order chi connectivity index (χ1) is 8.29. The topological polar surface area (TPSA) is 15.3 Å². The van der Waals surface area contributed by atoms with Crippen LogP contribution in [0.15, 0.2) is 10.8 Å². The summed E-state index contributed by atoms with van der Waals surface area (Å²) in [6.45, 7) is 9.28. The molecule has 0 aromatic carbocycles. The van der Waals surface area contributed by atoms with Crippen molar-refractivity contribution in [3.05, 3.63) is 21.9 Å². The fraction of sp³-hybridized carbons (Fsp3) is 0.714. The molecule has 1 atom stereocenters. The Morgan fingerprint density at radius 1 is 1.47 bits per heavy atom. The standard InChI is InChI=1S/C14H24N2S/c1-3-5-14-9-16(7-4-6-15-14)8-13-11-17-10-12(13)2/h10-11,14-15H,3-9H2,1-2H3. The number of hydrogen-bond donors (Lipinski definition) is 1. The van der Waals surface area contributed by atoms with E-state index in [1.807, 2.05) is 11.3 Å². The summed E-state index contributed by atoms with van der Waals surface area (Å²) >= 11 is 1.83. The van der Waals surface area contributed by atoms with E-state index >= 15 is 0 Å². The molecule has 96 valence electrons. The molecule has 0 aliphatic carbocycles. The lowest BCUT2D eigenvalue weighted by Gasteiger charge is -2.24. The Kier molecular flexibility index (Phi) is 5.01. The van der Waals surface area contributed by atoms with Gasteiger partial charge in [0.25, 0.3) is 0 Å². The Labute approximate surface area is 109 Å². The van der Waals surface area contributed by atoms with Crippen LogP contribution in [0.25, 0.3) is 0 Å². The average Bonchev–Trinajstić information content (AvgIpc) is 2.59. The fourth-order valence-corrected chi connectivity index (χ4v) is 3.40. The Balaban J connectivity index is 1.92. The van der Waals surface area contributed by atoms with Crippen LogP contribution in [0.5, 0.6) is 0 Å². The van der Waals surface area contributed by atoms with Gasteiger partial charge in [0.15, 0.2) is 0 Å². The number of thiophene rings is 1. The highest BCUT2D eigenvalue weighted by molar-refractivity contribution is 7.08. The summed E-state index contributed by atoms with van der Waals surface area (Å²) < 4.78 is 0. The predicted octanol–water partition coefficient (Wildman–Crippen LogP) is 3.02. The van der Waals surface area contributed by atoms with Gasteiger partial charge >= 0.3 is 0 Å². The molecule has 0 radical (unpaired) electrons. The van der Waals surface area contributed by atoms with Gasteiger partial charge in [0.2, 0.25) is 0 Å². The van der Waals surface area contributed by atoms with Crippen LogP contribution in [0.1, 0.15) is 37.3 Å². The van der Waals surface area contributed by atoms with Crippen molar-refractivity contribution < 1.29 is 0 Å². The lowest BCUT2D eigenvalue weighted by Crippen LogP contribution is -2.37. The van der Waals surface area contributed by atoms with Crippen LogP contribution in [0.4, 0.5) is 0 Å². The largest absolute Gasteiger partial charge is 0.313 e. The van der Waals surface area contributed by atoms with Crippen molar-refractivity contribution in [1.29, 1.82) is 0 Å². The van der Waals surface area contributed by atoms with E-state index in [0.717, 1.165) is 6.54 Å². The first kappa shape index (κ1) is 13.1. The Hall–Kier alpha value is -0.380. The number of aryl methyl sites for hydroxylation is 1. The maximum atomic E-state index is 3.67. The van der Waals surface area contributed by atoms with E-state index in [2.05, 4.69) is 34.8 Å². The molecule has 3 heteroatoms. The zero-order chi connectivity index (χ0) is 12.1. The number of rotatable bonds is 4. The van der Waals surface area contributed by atoms with Crippen molar-refractivity contribution in [2.75, 3.05) is 19.6 Å². The molecule has 1 aliphatic rings. The predicted molar refractivity (Wildman–Crippen MR) is 75.6 cm³/mol. The molecule has 1 unspecified atom stereocenters. The highest BCUT2D eigenvalue weighted by Crippen LogP contribution is 2.17. The Bertz CT molecular complexity index is 335. The summed E-state index contributed by atoms with van der Waals surface area (Å²) in [4.78, 5) is 2.62. The van der Waals surface area contributed by atoms with E-state index in [9.17, 15) is 0 Å². The second-order valence-electron chi connectivity index (χ2n) is 5.11. The van der Waals surface area contributed by atoms with E-state index in [1.54, 1.807) is 0 Å². The minimum Gasteiger partial charge on any atom is -0.313 e. The normalized spacial score (nSPS) is 22.6. The third-order valence-electron chi connectivity index (χ3n) is 3.56. The highest BCUT2D eigenvalue weighted by atomic mass is 32.1. The summed E-state index contributed by atoms with van der Waals surface area (Å²) in [6, 6.07) is 0.696. The first-order valence-electron chi connectivity index (χ1n) is 6.77. The molecule has 1 aromatic heterocycles. The molecular weight excluding hydrogens is 228 g/mol. The molecule has 0 bridgehead atoms. The van der Waals surface area contributed by atoms with Crippen LogP contribution in [-0.2, 0) is 6.54 Å². The summed E-state index contributed by atoms with van der Waals surface area (Å²) in [5, 5.41) is 8.23. The Morgan fingerprint density at radius 3 is 3.06 bits per heavy atom. The van der Waals surface area contributed by atoms with Crippen molar-refractivity contribution in [2.24, 2.45) is 0 Å². The molecule has 1 saturated heterocycles. The number of nitrogens with zero attached hydrogens (tertiary/aromatic N) is 1. The van der Waals surface area contributed by atoms with Crippen molar-refractivity contribution in [1.82, 2.24) is 10.2 Å². The van der Waals surface area contributed by atoms with Gasteiger partial charge in [-0.25, -0.2) is 0 Å². The highest BCUT2D eigenvalue weighted by Gasteiger charge is 2.17. The summed E-state index contributed by atoms with van der Waals surface area (Å²) in [5.41, 5.74) is 2.98. The molecule has 1 N–H and O–H groups in total. The molecule has 1 fully saturated rings. The first-order valence-corrected chi connectivity index (χ1v) is 7.71. The molecule has 17 heavy (non-hydrogen) atoms. The van der Waals surface area contributed by atoms with E-state index in [-0.39, 0.29) is 0 Å². The van der Waals surface area contributed by atoms with E-state index < -0.39 is 0 Å². The molecule has 2 heterocycles. The van der Waals surface area contributed by atoms with Gasteiger partial charge in [-0.05, 0) is 54.7 Å². The van der Waals surface area contributed by atoms with Gasteiger partial charge in [-0.15, -0.1) is 0 Å². The zero-order valence-electron chi connectivity index (χ0n) is 11.0. The molecule has 1 aromatic rings. The van der Waals surface area contributed by atoms with Gasteiger partial charge < -0.3 is 5.32 Å². The van der Waals surface area contributed by atoms with Crippen molar-refractivity contribution in [2.45, 2.75) is 45.7 Å². The fourth-order valence-electron chi connectivity index (χ4n) is 2.55. The molecule has 1 aliphatic heterocycles. The zero-order valence-corrected chi connectivity index (χ0v) is 11.9. The van der Waals surface area contributed by atoms with Gasteiger partial charge in [0.05, 0.1) is 0 Å². The molecular formula is C14H24N2S. The van der Waals surface area contributed by atoms with Gasteiger partial charge in [0.1, 0.15) is 0 Å². The minimum absolute atomic E-state index is 0.696. The number of nitrogens with one attached hydrogen (secondary N) is 1. The van der Waals surface area contributed by atoms with Gasteiger partial charge in [-0.3, -0.25) is 4.90 Å². The van der Waals surface area contributed by atoms with Crippen molar-refractivity contribution in [3.8, 4) is 0 Å². The lowest BCUT2D eigenvalue weighted by molar-refractivity contribution is 0.254. The maximum absolute atomic E-state index is 3.67. The second-order valence-corrected chi connectivity index (χ2v) is 5.85. The lowest BCUT2D eigenvalue weighted by atomic mass is 10.1. The van der Waals surface area contributed by atoms with Gasteiger partial charge in [0, 0.05) is 19.1 Å². The minimum atomic E-state index is 0.696. The van der Waals surface area contributed by atoms with Crippen LogP contribution in [0.2, 0.25) is 0 Å². The third-order valence-corrected chi connectivity index (χ3v) is 4.47. The smallest absolute Gasteiger partial charge is 0.0245 e. The second kappa shape index (κ2) is 6.53. The summed E-state index contributed by atoms with van der Waals surface area (Å²) in [6.07, 6.45) is 3.87. The maximum Gasteiger partial charge on any atom is 0.0245 e. The Morgan fingerprint density at radius 2 is 2.35 bits per heavy atom. The third kappa shape index (κ3) is 3.80. The molecule has 0 amide bonds. The van der Waals surface area contributed by atoms with Gasteiger partial charge in [-0.2, -0.15) is 11.3 Å².